The lowest BCUT2D eigenvalue weighted by Gasteiger charge is -2.24. The number of aliphatic carboxylic acids is 1. The fraction of sp³-hybridized carbons (Fsp3) is 0.500. The van der Waals surface area contributed by atoms with Gasteiger partial charge in [0.2, 0.25) is 17.7 Å². The zero-order chi connectivity index (χ0) is 22.1. The van der Waals surface area contributed by atoms with Crippen molar-refractivity contribution in [3.05, 3.63) is 35.9 Å². The molecule has 160 valence electrons. The molecule has 0 fully saturated rings. The number of rotatable bonds is 10. The molecule has 0 heterocycles. The average molecular weight is 406 g/mol. The number of carboxylic acids is 1. The van der Waals surface area contributed by atoms with E-state index < -0.39 is 47.9 Å². The molecular weight excluding hydrogens is 376 g/mol. The van der Waals surface area contributed by atoms with Crippen LogP contribution in [0.2, 0.25) is 0 Å². The van der Waals surface area contributed by atoms with Crippen molar-refractivity contribution in [2.45, 2.75) is 58.3 Å². The summed E-state index contributed by atoms with van der Waals surface area (Å²) < 4.78 is 0. The summed E-state index contributed by atoms with van der Waals surface area (Å²) in [6, 6.07) is 5.28. The highest BCUT2D eigenvalue weighted by molar-refractivity contribution is 5.94. The number of carbonyl (C=O) groups is 4. The summed E-state index contributed by atoms with van der Waals surface area (Å²) in [6.45, 7) is 6.28. The molecule has 0 saturated heterocycles. The number of hydrogen-bond donors (Lipinski definition) is 5. The number of nitrogens with one attached hydrogen (secondary N) is 3. The van der Waals surface area contributed by atoms with Crippen LogP contribution >= 0.6 is 0 Å². The van der Waals surface area contributed by atoms with Gasteiger partial charge in [0.15, 0.2) is 0 Å². The van der Waals surface area contributed by atoms with Crippen LogP contribution in [-0.4, -0.2) is 53.0 Å². The first-order valence-corrected chi connectivity index (χ1v) is 9.46. The van der Waals surface area contributed by atoms with Crippen molar-refractivity contribution in [1.82, 2.24) is 16.0 Å². The normalized spacial score (nSPS) is 15.0. The first-order chi connectivity index (χ1) is 13.5. The standard InChI is InChI=1S/C20H30N4O5/c1-11(2)16(20(28)29)24-18(26)13(4)22-19(27)15(23-17(25)12(3)21)10-14-8-6-5-7-9-14/h5-9,11-13,15-16H,10,21H2,1-4H3,(H,22,27)(H,23,25)(H,24,26)(H,28,29). The Hall–Kier alpha value is -2.94. The second kappa shape index (κ2) is 11.2. The Balaban J connectivity index is 2.85. The van der Waals surface area contributed by atoms with Crippen LogP contribution in [0.25, 0.3) is 0 Å². The summed E-state index contributed by atoms with van der Waals surface area (Å²) >= 11 is 0. The summed E-state index contributed by atoms with van der Waals surface area (Å²) in [7, 11) is 0. The van der Waals surface area contributed by atoms with E-state index in [-0.39, 0.29) is 12.3 Å². The van der Waals surface area contributed by atoms with E-state index in [4.69, 9.17) is 5.73 Å². The number of carbonyl (C=O) groups excluding carboxylic acids is 3. The third kappa shape index (κ3) is 7.90. The maximum atomic E-state index is 12.7. The molecule has 29 heavy (non-hydrogen) atoms. The molecule has 9 heteroatoms. The molecule has 9 nitrogen and oxygen atoms in total. The van der Waals surface area contributed by atoms with Gasteiger partial charge in [-0.05, 0) is 25.3 Å². The van der Waals surface area contributed by atoms with Crippen molar-refractivity contribution < 1.29 is 24.3 Å². The third-order valence-corrected chi connectivity index (χ3v) is 4.31. The number of nitrogens with two attached hydrogens (primary N) is 1. The number of hydrogen-bond acceptors (Lipinski definition) is 5. The van der Waals surface area contributed by atoms with Gasteiger partial charge in [0.05, 0.1) is 6.04 Å². The van der Waals surface area contributed by atoms with E-state index in [0.717, 1.165) is 5.56 Å². The Morgan fingerprint density at radius 3 is 1.97 bits per heavy atom. The van der Waals surface area contributed by atoms with Crippen LogP contribution in [0.1, 0.15) is 33.3 Å². The van der Waals surface area contributed by atoms with Crippen molar-refractivity contribution in [2.75, 3.05) is 0 Å². The van der Waals surface area contributed by atoms with Crippen LogP contribution in [-0.2, 0) is 25.6 Å². The van der Waals surface area contributed by atoms with Gasteiger partial charge < -0.3 is 26.8 Å². The Labute approximate surface area is 170 Å². The topological polar surface area (TPSA) is 151 Å². The van der Waals surface area contributed by atoms with Crippen LogP contribution in [0, 0.1) is 5.92 Å². The van der Waals surface area contributed by atoms with Gasteiger partial charge in [-0.3, -0.25) is 14.4 Å². The van der Waals surface area contributed by atoms with Crippen LogP contribution in [0.4, 0.5) is 0 Å². The molecule has 0 spiro atoms. The number of carboxylic acid groups (broad SMARTS) is 1. The Morgan fingerprint density at radius 1 is 0.897 bits per heavy atom. The summed E-state index contributed by atoms with van der Waals surface area (Å²) in [5.41, 5.74) is 6.40. The first kappa shape index (κ1) is 24.1. The fourth-order valence-electron chi connectivity index (χ4n) is 2.53. The summed E-state index contributed by atoms with van der Waals surface area (Å²) in [6.07, 6.45) is 0.212. The minimum atomic E-state index is -1.15. The Kier molecular flexibility index (Phi) is 9.27. The van der Waals surface area contributed by atoms with Gasteiger partial charge in [0.1, 0.15) is 18.1 Å². The molecule has 0 radical (unpaired) electrons. The van der Waals surface area contributed by atoms with Crippen LogP contribution in [0.3, 0.4) is 0 Å². The van der Waals surface area contributed by atoms with E-state index in [9.17, 15) is 24.3 Å². The van der Waals surface area contributed by atoms with E-state index in [0.29, 0.717) is 0 Å². The summed E-state index contributed by atoms with van der Waals surface area (Å²) in [5, 5.41) is 16.7. The van der Waals surface area contributed by atoms with Gasteiger partial charge in [0, 0.05) is 6.42 Å². The second-order valence-electron chi connectivity index (χ2n) is 7.34. The molecule has 4 unspecified atom stereocenters. The van der Waals surface area contributed by atoms with Crippen molar-refractivity contribution in [3.8, 4) is 0 Å². The molecule has 1 aromatic carbocycles. The largest absolute Gasteiger partial charge is 0.480 e. The molecule has 0 aromatic heterocycles. The molecule has 1 aromatic rings. The molecular formula is C20H30N4O5. The lowest BCUT2D eigenvalue weighted by molar-refractivity contribution is -0.143. The van der Waals surface area contributed by atoms with Gasteiger partial charge in [-0.25, -0.2) is 4.79 Å². The monoisotopic (exact) mass is 406 g/mol. The van der Waals surface area contributed by atoms with Crippen LogP contribution in [0.15, 0.2) is 30.3 Å². The van der Waals surface area contributed by atoms with E-state index in [1.807, 2.05) is 30.3 Å². The predicted octanol–water partition coefficient (Wildman–Crippen LogP) is -0.209. The Morgan fingerprint density at radius 2 is 1.48 bits per heavy atom. The van der Waals surface area contributed by atoms with Gasteiger partial charge in [-0.2, -0.15) is 0 Å². The molecule has 0 bridgehead atoms. The molecule has 0 aliphatic heterocycles. The van der Waals surface area contributed by atoms with E-state index in [1.54, 1.807) is 13.8 Å². The van der Waals surface area contributed by atoms with Gasteiger partial charge in [-0.1, -0.05) is 44.2 Å². The SMILES string of the molecule is CC(N)C(=O)NC(Cc1ccccc1)C(=O)NC(C)C(=O)NC(C(=O)O)C(C)C. The van der Waals surface area contributed by atoms with Gasteiger partial charge in [-0.15, -0.1) is 0 Å². The maximum Gasteiger partial charge on any atom is 0.326 e. The summed E-state index contributed by atoms with van der Waals surface area (Å²) in [4.78, 5) is 48.3. The van der Waals surface area contributed by atoms with Crippen molar-refractivity contribution >= 4 is 23.7 Å². The molecule has 6 N–H and O–H groups in total. The third-order valence-electron chi connectivity index (χ3n) is 4.31. The Bertz CT molecular complexity index is 721. The molecule has 1 rings (SSSR count). The summed E-state index contributed by atoms with van der Waals surface area (Å²) in [5.74, 6) is -3.17. The van der Waals surface area contributed by atoms with Crippen molar-refractivity contribution in [2.24, 2.45) is 11.7 Å². The smallest absolute Gasteiger partial charge is 0.326 e. The average Bonchev–Trinajstić information content (AvgIpc) is 2.65. The molecule has 0 aliphatic rings. The van der Waals surface area contributed by atoms with Crippen LogP contribution < -0.4 is 21.7 Å². The second-order valence-corrected chi connectivity index (χ2v) is 7.34. The lowest BCUT2D eigenvalue weighted by atomic mass is 10.0. The zero-order valence-electron chi connectivity index (χ0n) is 17.1. The zero-order valence-corrected chi connectivity index (χ0v) is 17.1. The molecule has 3 amide bonds. The maximum absolute atomic E-state index is 12.7. The highest BCUT2D eigenvalue weighted by Gasteiger charge is 2.29. The molecule has 0 aliphatic carbocycles. The van der Waals surface area contributed by atoms with E-state index >= 15 is 0 Å². The first-order valence-electron chi connectivity index (χ1n) is 9.46. The highest BCUT2D eigenvalue weighted by Crippen LogP contribution is 2.05. The number of benzene rings is 1. The number of amides is 3. The van der Waals surface area contributed by atoms with E-state index in [2.05, 4.69) is 16.0 Å². The highest BCUT2D eigenvalue weighted by atomic mass is 16.4. The van der Waals surface area contributed by atoms with Gasteiger partial charge >= 0.3 is 5.97 Å². The van der Waals surface area contributed by atoms with Crippen LogP contribution in [0.5, 0.6) is 0 Å². The minimum absolute atomic E-state index is 0.212. The lowest BCUT2D eigenvalue weighted by Crippen LogP contribution is -2.57. The molecule has 4 atom stereocenters. The molecule has 0 saturated carbocycles. The predicted molar refractivity (Wildman–Crippen MR) is 108 cm³/mol. The van der Waals surface area contributed by atoms with Gasteiger partial charge in [0.25, 0.3) is 0 Å². The van der Waals surface area contributed by atoms with E-state index in [1.165, 1.54) is 13.8 Å². The quantitative estimate of drug-likeness (QED) is 0.363. The minimum Gasteiger partial charge on any atom is -0.480 e. The van der Waals surface area contributed by atoms with Crippen molar-refractivity contribution in [3.63, 3.8) is 0 Å². The fourth-order valence-corrected chi connectivity index (χ4v) is 2.53. The van der Waals surface area contributed by atoms with Crippen molar-refractivity contribution in [1.29, 1.82) is 0 Å².